The van der Waals surface area contributed by atoms with E-state index in [-0.39, 0.29) is 0 Å². The Morgan fingerprint density at radius 1 is 1.50 bits per heavy atom. The molecule has 6 nitrogen and oxygen atoms in total. The first kappa shape index (κ1) is 13.0. The van der Waals surface area contributed by atoms with Crippen LogP contribution >= 0.6 is 0 Å². The Hall–Kier alpha value is -1.40. The Morgan fingerprint density at radius 2 is 2.28 bits per heavy atom. The number of rotatable bonds is 7. The van der Waals surface area contributed by atoms with Crippen LogP contribution in [0.4, 0.5) is 11.6 Å². The van der Waals surface area contributed by atoms with Gasteiger partial charge in [0.05, 0.1) is 6.61 Å². The molecule has 1 heterocycles. The molecule has 0 aliphatic heterocycles. The van der Waals surface area contributed by atoms with Gasteiger partial charge in [-0.05, 0) is 19.8 Å². The highest BCUT2D eigenvalue weighted by molar-refractivity contribution is 5.49. The summed E-state index contributed by atoms with van der Waals surface area (Å²) in [5, 5.41) is 0. The summed E-state index contributed by atoms with van der Waals surface area (Å²) < 4.78 is 5.12. The molecule has 0 radical (unpaired) electrons. The van der Waals surface area contributed by atoms with Crippen LogP contribution in [0.25, 0.3) is 0 Å². The number of ether oxygens (including phenoxy) is 1. The SMILES string of the molecule is CCN(CCOC)c1cc(NN)nc(C2CC2)n1. The summed E-state index contributed by atoms with van der Waals surface area (Å²) >= 11 is 0. The lowest BCUT2D eigenvalue weighted by atomic mass is 10.3. The summed E-state index contributed by atoms with van der Waals surface area (Å²) in [4.78, 5) is 11.2. The number of aromatic nitrogens is 2. The molecule has 0 bridgehead atoms. The van der Waals surface area contributed by atoms with Gasteiger partial charge in [0.1, 0.15) is 17.5 Å². The lowest BCUT2D eigenvalue weighted by Gasteiger charge is -2.22. The van der Waals surface area contributed by atoms with Crippen molar-refractivity contribution in [1.29, 1.82) is 0 Å². The number of likely N-dealkylation sites (N-methyl/N-ethyl adjacent to an activating group) is 1. The van der Waals surface area contributed by atoms with Crippen molar-refractivity contribution in [3.63, 3.8) is 0 Å². The minimum atomic E-state index is 0.512. The molecule has 100 valence electrons. The minimum absolute atomic E-state index is 0.512. The second kappa shape index (κ2) is 5.97. The van der Waals surface area contributed by atoms with E-state index in [2.05, 4.69) is 27.2 Å². The summed E-state index contributed by atoms with van der Waals surface area (Å²) in [5.74, 6) is 8.47. The van der Waals surface area contributed by atoms with Crippen molar-refractivity contribution in [3.8, 4) is 0 Å². The predicted octanol–water partition coefficient (Wildman–Crippen LogP) is 1.11. The second-order valence-electron chi connectivity index (χ2n) is 4.46. The zero-order valence-electron chi connectivity index (χ0n) is 11.0. The molecule has 6 heteroatoms. The van der Waals surface area contributed by atoms with E-state index in [1.165, 1.54) is 12.8 Å². The first-order valence-corrected chi connectivity index (χ1v) is 6.38. The number of nitrogen functional groups attached to an aromatic ring is 1. The fourth-order valence-electron chi connectivity index (χ4n) is 1.85. The predicted molar refractivity (Wildman–Crippen MR) is 71.6 cm³/mol. The van der Waals surface area contributed by atoms with Crippen LogP contribution in [-0.4, -0.2) is 36.8 Å². The van der Waals surface area contributed by atoms with Crippen LogP contribution in [0.5, 0.6) is 0 Å². The van der Waals surface area contributed by atoms with Gasteiger partial charge in [0.25, 0.3) is 0 Å². The Kier molecular flexibility index (Phi) is 4.33. The average molecular weight is 251 g/mol. The average Bonchev–Trinajstić information content (AvgIpc) is 3.23. The fourth-order valence-corrected chi connectivity index (χ4v) is 1.85. The topological polar surface area (TPSA) is 76.3 Å². The molecule has 1 saturated carbocycles. The van der Waals surface area contributed by atoms with Gasteiger partial charge < -0.3 is 15.1 Å². The van der Waals surface area contributed by atoms with Crippen molar-refractivity contribution in [2.75, 3.05) is 37.1 Å². The Bertz CT molecular complexity index is 394. The molecular formula is C12H21N5O. The number of nitrogens with zero attached hydrogens (tertiary/aromatic N) is 3. The summed E-state index contributed by atoms with van der Waals surface area (Å²) in [5.41, 5.74) is 2.62. The van der Waals surface area contributed by atoms with Crippen LogP contribution in [0.3, 0.4) is 0 Å². The van der Waals surface area contributed by atoms with Crippen molar-refractivity contribution in [2.24, 2.45) is 5.84 Å². The first-order valence-electron chi connectivity index (χ1n) is 6.38. The third-order valence-electron chi connectivity index (χ3n) is 3.09. The van der Waals surface area contributed by atoms with Crippen LogP contribution in [0.1, 0.15) is 31.5 Å². The number of hydrazine groups is 1. The van der Waals surface area contributed by atoms with Gasteiger partial charge in [-0.3, -0.25) is 0 Å². The monoisotopic (exact) mass is 251 g/mol. The molecular weight excluding hydrogens is 230 g/mol. The van der Waals surface area contributed by atoms with E-state index in [9.17, 15) is 0 Å². The van der Waals surface area contributed by atoms with Gasteiger partial charge in [-0.15, -0.1) is 0 Å². The molecule has 18 heavy (non-hydrogen) atoms. The number of methoxy groups -OCH3 is 1. The van der Waals surface area contributed by atoms with Crippen LogP contribution < -0.4 is 16.2 Å². The van der Waals surface area contributed by atoms with Gasteiger partial charge in [-0.1, -0.05) is 0 Å². The molecule has 2 rings (SSSR count). The maximum Gasteiger partial charge on any atom is 0.145 e. The van der Waals surface area contributed by atoms with E-state index in [0.29, 0.717) is 18.3 Å². The summed E-state index contributed by atoms with van der Waals surface area (Å²) in [6, 6.07) is 1.88. The lowest BCUT2D eigenvalue weighted by molar-refractivity contribution is 0.205. The van der Waals surface area contributed by atoms with Crippen molar-refractivity contribution in [3.05, 3.63) is 11.9 Å². The van der Waals surface area contributed by atoms with Crippen molar-refractivity contribution in [1.82, 2.24) is 9.97 Å². The fraction of sp³-hybridized carbons (Fsp3) is 0.667. The smallest absolute Gasteiger partial charge is 0.145 e. The molecule has 0 unspecified atom stereocenters. The molecule has 0 saturated heterocycles. The van der Waals surface area contributed by atoms with E-state index >= 15 is 0 Å². The van der Waals surface area contributed by atoms with Gasteiger partial charge in [0, 0.05) is 32.2 Å². The van der Waals surface area contributed by atoms with Crippen molar-refractivity contribution in [2.45, 2.75) is 25.7 Å². The molecule has 0 aromatic carbocycles. The molecule has 0 amide bonds. The van der Waals surface area contributed by atoms with Gasteiger partial charge >= 0.3 is 0 Å². The van der Waals surface area contributed by atoms with Gasteiger partial charge in [0.15, 0.2) is 0 Å². The van der Waals surface area contributed by atoms with Crippen LogP contribution in [0.2, 0.25) is 0 Å². The summed E-state index contributed by atoms with van der Waals surface area (Å²) in [7, 11) is 1.70. The molecule has 1 aromatic rings. The van der Waals surface area contributed by atoms with E-state index in [4.69, 9.17) is 10.6 Å². The third-order valence-corrected chi connectivity index (χ3v) is 3.09. The zero-order chi connectivity index (χ0) is 13.0. The summed E-state index contributed by atoms with van der Waals surface area (Å²) in [6.07, 6.45) is 2.36. The van der Waals surface area contributed by atoms with Gasteiger partial charge in [-0.25, -0.2) is 15.8 Å². The van der Waals surface area contributed by atoms with E-state index in [1.54, 1.807) is 7.11 Å². The molecule has 3 N–H and O–H groups in total. The number of anilines is 2. The van der Waals surface area contributed by atoms with Crippen LogP contribution in [0.15, 0.2) is 6.07 Å². The summed E-state index contributed by atoms with van der Waals surface area (Å²) in [6.45, 7) is 4.48. The maximum absolute atomic E-state index is 5.47. The van der Waals surface area contributed by atoms with Crippen LogP contribution in [0, 0.1) is 0 Å². The third kappa shape index (κ3) is 3.08. The number of hydrogen-bond acceptors (Lipinski definition) is 6. The molecule has 0 atom stereocenters. The van der Waals surface area contributed by atoms with Gasteiger partial charge in [-0.2, -0.15) is 0 Å². The largest absolute Gasteiger partial charge is 0.383 e. The molecule has 1 aliphatic carbocycles. The van der Waals surface area contributed by atoms with E-state index in [1.807, 2.05) is 6.07 Å². The Morgan fingerprint density at radius 3 is 2.83 bits per heavy atom. The quantitative estimate of drug-likeness (QED) is 0.558. The van der Waals surface area contributed by atoms with Gasteiger partial charge in [0.2, 0.25) is 0 Å². The number of nitrogens with one attached hydrogen (secondary N) is 1. The highest BCUT2D eigenvalue weighted by Gasteiger charge is 2.27. The van der Waals surface area contributed by atoms with Crippen molar-refractivity contribution < 1.29 is 4.74 Å². The second-order valence-corrected chi connectivity index (χ2v) is 4.46. The molecule has 0 spiro atoms. The highest BCUT2D eigenvalue weighted by Crippen LogP contribution is 2.39. The zero-order valence-corrected chi connectivity index (χ0v) is 11.0. The number of hydrogen-bond donors (Lipinski definition) is 2. The van der Waals surface area contributed by atoms with E-state index < -0.39 is 0 Å². The normalized spacial score (nSPS) is 14.6. The number of nitrogens with two attached hydrogens (primary N) is 1. The minimum Gasteiger partial charge on any atom is -0.383 e. The first-order chi connectivity index (χ1) is 8.78. The molecule has 1 aliphatic rings. The molecule has 1 aromatic heterocycles. The maximum atomic E-state index is 5.47. The highest BCUT2D eigenvalue weighted by atomic mass is 16.5. The van der Waals surface area contributed by atoms with E-state index in [0.717, 1.165) is 24.7 Å². The molecule has 1 fully saturated rings. The Labute approximate surface area is 108 Å². The standard InChI is InChI=1S/C12H21N5O/c1-3-17(6-7-18-2)11-8-10(16-13)14-12(15-11)9-4-5-9/h8-9H,3-7,13H2,1-2H3,(H,14,15,16). The van der Waals surface area contributed by atoms with Crippen LogP contribution in [-0.2, 0) is 4.74 Å². The van der Waals surface area contributed by atoms with Crippen molar-refractivity contribution >= 4 is 11.6 Å². The Balaban J connectivity index is 2.20. The lowest BCUT2D eigenvalue weighted by Crippen LogP contribution is -2.28.